The molecule has 2 rings (SSSR count). The average Bonchev–Trinajstić information content (AvgIpc) is 2.79. The molecule has 0 unspecified atom stereocenters. The molecule has 0 amide bonds. The molecule has 0 saturated heterocycles. The fourth-order valence-electron chi connectivity index (χ4n) is 2.90. The molecular formula is C15H23ClN2. The molecule has 18 heavy (non-hydrogen) atoms. The summed E-state index contributed by atoms with van der Waals surface area (Å²) in [5.74, 6) is 0. The molecule has 0 aromatic heterocycles. The van der Waals surface area contributed by atoms with Crippen molar-refractivity contribution in [3.63, 3.8) is 0 Å². The molecule has 1 aromatic carbocycles. The molecule has 1 fully saturated rings. The van der Waals surface area contributed by atoms with Gasteiger partial charge in [0.25, 0.3) is 0 Å². The Morgan fingerprint density at radius 3 is 2.61 bits per heavy atom. The van der Waals surface area contributed by atoms with Gasteiger partial charge in [-0.25, -0.2) is 0 Å². The van der Waals surface area contributed by atoms with Crippen LogP contribution in [0.1, 0.15) is 31.2 Å². The van der Waals surface area contributed by atoms with Crippen LogP contribution in [0.4, 0.5) is 0 Å². The van der Waals surface area contributed by atoms with Crippen LogP contribution >= 0.6 is 11.6 Å². The average molecular weight is 267 g/mol. The predicted molar refractivity (Wildman–Crippen MR) is 78.0 cm³/mol. The topological polar surface area (TPSA) is 15.3 Å². The number of rotatable bonds is 5. The molecular weight excluding hydrogens is 244 g/mol. The van der Waals surface area contributed by atoms with E-state index in [-0.39, 0.29) is 0 Å². The van der Waals surface area contributed by atoms with Crippen molar-refractivity contribution in [2.45, 2.75) is 37.8 Å². The van der Waals surface area contributed by atoms with Crippen LogP contribution in [0.2, 0.25) is 5.02 Å². The number of likely N-dealkylation sites (N-methyl/N-ethyl adjacent to an activating group) is 1. The molecule has 1 aromatic rings. The maximum Gasteiger partial charge on any atom is 0.0409 e. The van der Waals surface area contributed by atoms with Gasteiger partial charge in [-0.2, -0.15) is 0 Å². The first-order valence-electron chi connectivity index (χ1n) is 6.75. The molecule has 0 aliphatic heterocycles. The van der Waals surface area contributed by atoms with Crippen LogP contribution in [0, 0.1) is 0 Å². The van der Waals surface area contributed by atoms with E-state index < -0.39 is 0 Å². The van der Waals surface area contributed by atoms with Crippen molar-refractivity contribution in [1.29, 1.82) is 0 Å². The van der Waals surface area contributed by atoms with Crippen LogP contribution in [-0.2, 0) is 6.54 Å². The lowest BCUT2D eigenvalue weighted by Crippen LogP contribution is -2.49. The van der Waals surface area contributed by atoms with E-state index >= 15 is 0 Å². The van der Waals surface area contributed by atoms with Gasteiger partial charge in [-0.05, 0) is 44.6 Å². The Labute approximate surface area is 115 Å². The zero-order chi connectivity index (χ0) is 13.0. The second-order valence-corrected chi connectivity index (χ2v) is 6.00. The summed E-state index contributed by atoms with van der Waals surface area (Å²) in [6.45, 7) is 1.96. The Bertz CT molecular complexity index is 384. The normalized spacial score (nSPS) is 18.4. The van der Waals surface area contributed by atoms with Gasteiger partial charge < -0.3 is 10.2 Å². The largest absolute Gasteiger partial charge is 0.311 e. The Hall–Kier alpha value is -0.570. The number of hydrogen-bond acceptors (Lipinski definition) is 2. The summed E-state index contributed by atoms with van der Waals surface area (Å²) in [5.41, 5.74) is 1.62. The molecule has 0 radical (unpaired) electrons. The fourth-order valence-corrected chi connectivity index (χ4v) is 3.11. The van der Waals surface area contributed by atoms with E-state index in [4.69, 9.17) is 11.6 Å². The highest BCUT2D eigenvalue weighted by atomic mass is 35.5. The third kappa shape index (κ3) is 3.25. The van der Waals surface area contributed by atoms with Crippen LogP contribution in [0.5, 0.6) is 0 Å². The van der Waals surface area contributed by atoms with E-state index in [1.54, 1.807) is 0 Å². The van der Waals surface area contributed by atoms with Crippen molar-refractivity contribution >= 4 is 11.6 Å². The first kappa shape index (κ1) is 13.9. The zero-order valence-corrected chi connectivity index (χ0v) is 12.1. The summed E-state index contributed by atoms with van der Waals surface area (Å²) in [6, 6.07) is 8.08. The second kappa shape index (κ2) is 6.05. The van der Waals surface area contributed by atoms with E-state index in [9.17, 15) is 0 Å². The number of nitrogens with zero attached hydrogens (tertiary/aromatic N) is 1. The highest BCUT2D eigenvalue weighted by Crippen LogP contribution is 2.33. The third-order valence-electron chi connectivity index (χ3n) is 4.16. The molecule has 0 heterocycles. The van der Waals surface area contributed by atoms with Crippen molar-refractivity contribution in [2.24, 2.45) is 0 Å². The summed E-state index contributed by atoms with van der Waals surface area (Å²) in [4.78, 5) is 2.39. The quantitative estimate of drug-likeness (QED) is 0.880. The van der Waals surface area contributed by atoms with Gasteiger partial charge in [-0.1, -0.05) is 36.6 Å². The van der Waals surface area contributed by atoms with Crippen molar-refractivity contribution in [1.82, 2.24) is 10.2 Å². The summed E-state index contributed by atoms with van der Waals surface area (Å²) < 4.78 is 0. The lowest BCUT2D eigenvalue weighted by Gasteiger charge is -2.36. The standard InChI is InChI=1S/C15H23ClN2/c1-18(2)15(8-3-4-9-15)12-17-11-13-6-5-7-14(16)10-13/h5-7,10,17H,3-4,8-9,11-12H2,1-2H3. The van der Waals surface area contributed by atoms with Crippen molar-refractivity contribution < 1.29 is 0 Å². The van der Waals surface area contributed by atoms with Gasteiger partial charge in [0.2, 0.25) is 0 Å². The Morgan fingerprint density at radius 1 is 1.28 bits per heavy atom. The molecule has 1 N–H and O–H groups in total. The van der Waals surface area contributed by atoms with E-state index in [0.717, 1.165) is 18.1 Å². The van der Waals surface area contributed by atoms with Crippen LogP contribution in [0.15, 0.2) is 24.3 Å². The molecule has 3 heteroatoms. The molecule has 100 valence electrons. The van der Waals surface area contributed by atoms with Crippen LogP contribution in [0.25, 0.3) is 0 Å². The summed E-state index contributed by atoms with van der Waals surface area (Å²) in [7, 11) is 4.40. The summed E-state index contributed by atoms with van der Waals surface area (Å²) >= 11 is 5.99. The Morgan fingerprint density at radius 2 is 2.00 bits per heavy atom. The minimum Gasteiger partial charge on any atom is -0.311 e. The van der Waals surface area contributed by atoms with Crippen molar-refractivity contribution in [3.05, 3.63) is 34.9 Å². The summed E-state index contributed by atoms with van der Waals surface area (Å²) in [6.07, 6.45) is 5.33. The lowest BCUT2D eigenvalue weighted by molar-refractivity contribution is 0.153. The van der Waals surface area contributed by atoms with E-state index in [0.29, 0.717) is 5.54 Å². The second-order valence-electron chi connectivity index (χ2n) is 5.56. The maximum absolute atomic E-state index is 5.99. The minimum absolute atomic E-state index is 0.360. The minimum atomic E-state index is 0.360. The molecule has 1 aliphatic rings. The van der Waals surface area contributed by atoms with Gasteiger partial charge >= 0.3 is 0 Å². The first-order valence-corrected chi connectivity index (χ1v) is 7.13. The third-order valence-corrected chi connectivity index (χ3v) is 4.39. The van der Waals surface area contributed by atoms with Crippen LogP contribution in [-0.4, -0.2) is 31.1 Å². The van der Waals surface area contributed by atoms with Gasteiger partial charge in [0.1, 0.15) is 0 Å². The number of benzene rings is 1. The molecule has 1 saturated carbocycles. The van der Waals surface area contributed by atoms with E-state index in [1.807, 2.05) is 18.2 Å². The molecule has 0 spiro atoms. The van der Waals surface area contributed by atoms with E-state index in [2.05, 4.69) is 30.4 Å². The number of hydrogen-bond donors (Lipinski definition) is 1. The monoisotopic (exact) mass is 266 g/mol. The van der Waals surface area contributed by atoms with Crippen molar-refractivity contribution in [3.8, 4) is 0 Å². The lowest BCUT2D eigenvalue weighted by atomic mass is 9.96. The highest BCUT2D eigenvalue weighted by Gasteiger charge is 2.35. The maximum atomic E-state index is 5.99. The molecule has 1 aliphatic carbocycles. The Kier molecular flexibility index (Phi) is 4.66. The first-order chi connectivity index (χ1) is 8.62. The van der Waals surface area contributed by atoms with Crippen molar-refractivity contribution in [2.75, 3.05) is 20.6 Å². The fraction of sp³-hybridized carbons (Fsp3) is 0.600. The van der Waals surface area contributed by atoms with Gasteiger partial charge in [0.15, 0.2) is 0 Å². The smallest absolute Gasteiger partial charge is 0.0409 e. The zero-order valence-electron chi connectivity index (χ0n) is 11.4. The number of halogens is 1. The predicted octanol–water partition coefficient (Wildman–Crippen LogP) is 3.30. The molecule has 2 nitrogen and oxygen atoms in total. The molecule has 0 bridgehead atoms. The van der Waals surface area contributed by atoms with Crippen LogP contribution in [0.3, 0.4) is 0 Å². The molecule has 0 atom stereocenters. The van der Waals surface area contributed by atoms with Gasteiger partial charge in [-0.3, -0.25) is 0 Å². The Balaban J connectivity index is 1.87. The van der Waals surface area contributed by atoms with Crippen LogP contribution < -0.4 is 5.32 Å². The van der Waals surface area contributed by atoms with Gasteiger partial charge in [0.05, 0.1) is 0 Å². The number of nitrogens with one attached hydrogen (secondary N) is 1. The van der Waals surface area contributed by atoms with Gasteiger partial charge in [-0.15, -0.1) is 0 Å². The SMILES string of the molecule is CN(C)C1(CNCc2cccc(Cl)c2)CCCC1. The summed E-state index contributed by atoms with van der Waals surface area (Å²) in [5, 5.41) is 4.41. The highest BCUT2D eigenvalue weighted by molar-refractivity contribution is 6.30. The van der Waals surface area contributed by atoms with Gasteiger partial charge in [0, 0.05) is 23.7 Å². The van der Waals surface area contributed by atoms with E-state index in [1.165, 1.54) is 31.2 Å².